The first-order valence-corrected chi connectivity index (χ1v) is 12.7. The molecular formula is C24H33N3O3S2. The quantitative estimate of drug-likeness (QED) is 0.539. The van der Waals surface area contributed by atoms with Gasteiger partial charge in [-0.05, 0) is 64.3 Å². The molecule has 2 N–H and O–H groups in total. The molecule has 8 heteroatoms. The van der Waals surface area contributed by atoms with E-state index in [2.05, 4.69) is 24.1 Å². The SMILES string of the molecule is C=C(NC(=O)C1CC1)S/C(=C\C)Sc1cc(C(=O)N2CCCN[C@H](C)C2)c(OC)cc1C. The van der Waals surface area contributed by atoms with Gasteiger partial charge in [0.05, 0.1) is 17.7 Å². The van der Waals surface area contributed by atoms with Gasteiger partial charge < -0.3 is 20.3 Å². The fraction of sp³-hybridized carbons (Fsp3) is 0.500. The summed E-state index contributed by atoms with van der Waals surface area (Å²) < 4.78 is 6.56. The Morgan fingerprint density at radius 2 is 2.09 bits per heavy atom. The molecule has 1 heterocycles. The molecule has 1 saturated heterocycles. The number of hydrogen-bond donors (Lipinski definition) is 2. The van der Waals surface area contributed by atoms with Gasteiger partial charge in [-0.1, -0.05) is 36.2 Å². The third-order valence-corrected chi connectivity index (χ3v) is 7.87. The molecular weight excluding hydrogens is 442 g/mol. The van der Waals surface area contributed by atoms with Gasteiger partial charge in [-0.15, -0.1) is 0 Å². The molecule has 3 rings (SSSR count). The summed E-state index contributed by atoms with van der Waals surface area (Å²) in [6.07, 6.45) is 4.85. The number of ether oxygens (including phenoxy) is 1. The largest absolute Gasteiger partial charge is 0.496 e. The lowest BCUT2D eigenvalue weighted by atomic mass is 10.1. The first-order chi connectivity index (χ1) is 15.3. The summed E-state index contributed by atoms with van der Waals surface area (Å²) in [5.74, 6) is 0.786. The molecule has 1 aromatic rings. The molecule has 1 aliphatic heterocycles. The van der Waals surface area contributed by atoms with Gasteiger partial charge in [0.1, 0.15) is 5.75 Å². The molecule has 1 aliphatic carbocycles. The summed E-state index contributed by atoms with van der Waals surface area (Å²) in [6.45, 7) is 12.4. The minimum absolute atomic E-state index is 0.00459. The third kappa shape index (κ3) is 6.56. The number of methoxy groups -OCH3 is 1. The molecule has 1 atom stereocenters. The first-order valence-electron chi connectivity index (χ1n) is 11.1. The van der Waals surface area contributed by atoms with Gasteiger partial charge in [0.2, 0.25) is 5.91 Å². The number of rotatable bonds is 8. The van der Waals surface area contributed by atoms with Crippen LogP contribution in [0.5, 0.6) is 5.75 Å². The molecule has 0 bridgehead atoms. The second-order valence-corrected chi connectivity index (χ2v) is 10.8. The Hall–Kier alpha value is -1.90. The Bertz CT molecular complexity index is 912. The minimum atomic E-state index is -0.00459. The Kier molecular flexibility index (Phi) is 8.73. The molecule has 0 spiro atoms. The topological polar surface area (TPSA) is 70.7 Å². The zero-order valence-electron chi connectivity index (χ0n) is 19.3. The van der Waals surface area contributed by atoms with E-state index in [-0.39, 0.29) is 23.8 Å². The molecule has 1 aromatic carbocycles. The highest BCUT2D eigenvalue weighted by Gasteiger charge is 2.30. The van der Waals surface area contributed by atoms with Crippen LogP contribution >= 0.6 is 23.5 Å². The second kappa shape index (κ2) is 11.3. The Morgan fingerprint density at radius 1 is 1.34 bits per heavy atom. The summed E-state index contributed by atoms with van der Waals surface area (Å²) in [6, 6.07) is 4.12. The summed E-state index contributed by atoms with van der Waals surface area (Å²) in [5.41, 5.74) is 1.61. The normalized spacial score (nSPS) is 19.3. The molecule has 2 amide bonds. The van der Waals surface area contributed by atoms with Gasteiger partial charge in [0.15, 0.2) is 0 Å². The van der Waals surface area contributed by atoms with Crippen molar-refractivity contribution >= 4 is 35.3 Å². The number of hydrogen-bond acceptors (Lipinski definition) is 6. The van der Waals surface area contributed by atoms with Crippen LogP contribution < -0.4 is 15.4 Å². The minimum Gasteiger partial charge on any atom is -0.496 e. The van der Waals surface area contributed by atoms with Crippen LogP contribution in [-0.4, -0.2) is 49.5 Å². The molecule has 0 aromatic heterocycles. The number of aryl methyl sites for hydroxylation is 1. The Morgan fingerprint density at radius 3 is 2.75 bits per heavy atom. The van der Waals surface area contributed by atoms with Gasteiger partial charge in [-0.3, -0.25) is 9.59 Å². The third-order valence-electron chi connectivity index (χ3n) is 5.49. The summed E-state index contributed by atoms with van der Waals surface area (Å²) in [7, 11) is 1.60. The van der Waals surface area contributed by atoms with Crippen LogP contribution in [0.25, 0.3) is 0 Å². The highest BCUT2D eigenvalue weighted by Crippen LogP contribution is 2.41. The van der Waals surface area contributed by atoms with Crippen LogP contribution in [0.1, 0.15) is 49.0 Å². The van der Waals surface area contributed by atoms with Crippen LogP contribution in [0.4, 0.5) is 0 Å². The van der Waals surface area contributed by atoms with Crippen LogP contribution in [0, 0.1) is 12.8 Å². The molecule has 2 fully saturated rings. The van der Waals surface area contributed by atoms with Gasteiger partial charge in [0.25, 0.3) is 5.91 Å². The number of carbonyl (C=O) groups excluding carboxylic acids is 2. The second-order valence-electron chi connectivity index (χ2n) is 8.28. The monoisotopic (exact) mass is 475 g/mol. The van der Waals surface area contributed by atoms with Gasteiger partial charge >= 0.3 is 0 Å². The fourth-order valence-corrected chi connectivity index (χ4v) is 5.53. The van der Waals surface area contributed by atoms with Crippen molar-refractivity contribution < 1.29 is 14.3 Å². The van der Waals surface area contributed by atoms with Crippen LogP contribution in [0.3, 0.4) is 0 Å². The molecule has 2 aliphatic rings. The van der Waals surface area contributed by atoms with Gasteiger partial charge in [-0.2, -0.15) is 0 Å². The van der Waals surface area contributed by atoms with Crippen molar-refractivity contribution in [1.29, 1.82) is 0 Å². The van der Waals surface area contributed by atoms with E-state index in [1.807, 2.05) is 37.0 Å². The van der Waals surface area contributed by atoms with E-state index < -0.39 is 0 Å². The predicted molar refractivity (Wildman–Crippen MR) is 133 cm³/mol. The van der Waals surface area contributed by atoms with Crippen LogP contribution in [0.15, 0.2) is 38.9 Å². The van der Waals surface area contributed by atoms with Gasteiger partial charge in [-0.25, -0.2) is 0 Å². The predicted octanol–water partition coefficient (Wildman–Crippen LogP) is 4.51. The van der Waals surface area contributed by atoms with Crippen molar-refractivity contribution in [3.8, 4) is 5.75 Å². The maximum absolute atomic E-state index is 13.4. The number of nitrogens with zero attached hydrogens (tertiary/aromatic N) is 1. The number of thioether (sulfide) groups is 2. The van der Waals surface area contributed by atoms with Crippen molar-refractivity contribution in [2.45, 2.75) is 51.0 Å². The first kappa shape index (κ1) is 24.7. The highest BCUT2D eigenvalue weighted by molar-refractivity contribution is 8.24. The number of nitrogens with one attached hydrogen (secondary N) is 2. The molecule has 32 heavy (non-hydrogen) atoms. The summed E-state index contributed by atoms with van der Waals surface area (Å²) in [5, 5.41) is 6.95. The maximum Gasteiger partial charge on any atom is 0.257 e. The number of allylic oxidation sites excluding steroid dienone is 1. The van der Waals surface area contributed by atoms with Crippen molar-refractivity contribution in [3.05, 3.63) is 45.2 Å². The molecule has 6 nitrogen and oxygen atoms in total. The Labute approximate surface area is 199 Å². The molecule has 1 saturated carbocycles. The zero-order chi connectivity index (χ0) is 23.3. The van der Waals surface area contributed by atoms with Gasteiger partial charge in [0, 0.05) is 34.2 Å². The smallest absolute Gasteiger partial charge is 0.257 e. The van der Waals surface area contributed by atoms with E-state index >= 15 is 0 Å². The van der Waals surface area contributed by atoms with Crippen LogP contribution in [-0.2, 0) is 4.79 Å². The Balaban J connectivity index is 1.76. The van der Waals surface area contributed by atoms with E-state index in [0.717, 1.165) is 47.0 Å². The van der Waals surface area contributed by atoms with Crippen molar-refractivity contribution in [2.75, 3.05) is 26.7 Å². The molecule has 0 radical (unpaired) electrons. The zero-order valence-corrected chi connectivity index (χ0v) is 21.0. The maximum atomic E-state index is 13.4. The van der Waals surface area contributed by atoms with Crippen LogP contribution in [0.2, 0.25) is 0 Å². The van der Waals surface area contributed by atoms with E-state index in [1.54, 1.807) is 18.9 Å². The lowest BCUT2D eigenvalue weighted by Crippen LogP contribution is -2.39. The van der Waals surface area contributed by atoms with E-state index in [9.17, 15) is 9.59 Å². The summed E-state index contributed by atoms with van der Waals surface area (Å²) >= 11 is 3.01. The van der Waals surface area contributed by atoms with E-state index in [1.165, 1.54) is 11.8 Å². The van der Waals surface area contributed by atoms with E-state index in [4.69, 9.17) is 4.74 Å². The highest BCUT2D eigenvalue weighted by atomic mass is 32.2. The average molecular weight is 476 g/mol. The van der Waals surface area contributed by atoms with E-state index in [0.29, 0.717) is 22.9 Å². The standard InChI is InChI=1S/C24H33N3O3S2/c1-6-22(31-17(4)26-23(28)18-8-9-18)32-21-13-19(20(30-5)12-15(21)2)24(29)27-11-7-10-25-16(3)14-27/h6,12-13,16,18,25H,4,7-11,14H2,1-3,5H3,(H,26,28)/b22-6+/t16-/m1/s1. The lowest BCUT2D eigenvalue weighted by Gasteiger charge is -2.24. The van der Waals surface area contributed by atoms with Crippen molar-refractivity contribution in [3.63, 3.8) is 0 Å². The number of benzene rings is 1. The number of amides is 2. The fourth-order valence-electron chi connectivity index (χ4n) is 3.55. The van der Waals surface area contributed by atoms with Crippen molar-refractivity contribution in [1.82, 2.24) is 15.5 Å². The molecule has 174 valence electrons. The average Bonchev–Trinajstić information content (AvgIpc) is 3.61. The van der Waals surface area contributed by atoms with Crippen molar-refractivity contribution in [2.24, 2.45) is 5.92 Å². The molecule has 0 unspecified atom stereocenters. The number of carbonyl (C=O) groups is 2. The summed E-state index contributed by atoms with van der Waals surface area (Å²) in [4.78, 5) is 28.3. The lowest BCUT2D eigenvalue weighted by molar-refractivity contribution is -0.121.